The molecule has 0 spiro atoms. The SMILES string of the molecule is C1=CC2=Cn3c(cc4ccccc43)C(=C1)C2. The molecule has 2 aromatic rings. The Bertz CT molecular complexity index is 681. The Labute approximate surface area is 94.0 Å². The molecule has 1 nitrogen and oxygen atoms in total. The molecule has 0 saturated heterocycles. The molecule has 2 bridgehead atoms. The van der Waals surface area contributed by atoms with Gasteiger partial charge in [0.1, 0.15) is 0 Å². The molecule has 0 radical (unpaired) electrons. The van der Waals surface area contributed by atoms with E-state index >= 15 is 0 Å². The Kier molecular flexibility index (Phi) is 1.41. The first kappa shape index (κ1) is 8.17. The average Bonchev–Trinajstić information content (AvgIpc) is 2.69. The highest BCUT2D eigenvalue weighted by molar-refractivity contribution is 5.91. The lowest BCUT2D eigenvalue weighted by Gasteiger charge is -2.19. The molecule has 1 aromatic heterocycles. The quantitative estimate of drug-likeness (QED) is 0.615. The van der Waals surface area contributed by atoms with E-state index in [-0.39, 0.29) is 0 Å². The van der Waals surface area contributed by atoms with Crippen LogP contribution in [0, 0.1) is 0 Å². The second kappa shape index (κ2) is 2.76. The number of hydrogen-bond donors (Lipinski definition) is 0. The van der Waals surface area contributed by atoms with Gasteiger partial charge in [0, 0.05) is 23.7 Å². The molecule has 1 aliphatic heterocycles. The van der Waals surface area contributed by atoms with E-state index in [1.807, 2.05) is 0 Å². The Balaban J connectivity index is 2.16. The number of para-hydroxylation sites is 1. The van der Waals surface area contributed by atoms with Crippen LogP contribution >= 0.6 is 0 Å². The van der Waals surface area contributed by atoms with Crippen LogP contribution in [0.4, 0.5) is 0 Å². The maximum absolute atomic E-state index is 2.31. The van der Waals surface area contributed by atoms with Crippen molar-refractivity contribution in [3.8, 4) is 0 Å². The van der Waals surface area contributed by atoms with Crippen molar-refractivity contribution < 1.29 is 0 Å². The Morgan fingerprint density at radius 3 is 3.06 bits per heavy atom. The van der Waals surface area contributed by atoms with E-state index in [9.17, 15) is 0 Å². The van der Waals surface area contributed by atoms with Gasteiger partial charge in [-0.1, -0.05) is 36.4 Å². The highest BCUT2D eigenvalue weighted by Crippen LogP contribution is 2.36. The first-order valence-electron chi connectivity index (χ1n) is 5.60. The number of aromatic nitrogens is 1. The van der Waals surface area contributed by atoms with Gasteiger partial charge in [0.05, 0.1) is 5.52 Å². The molecule has 1 heteroatoms. The third-order valence-corrected chi connectivity index (χ3v) is 3.37. The van der Waals surface area contributed by atoms with Gasteiger partial charge < -0.3 is 4.57 Å². The van der Waals surface area contributed by atoms with Gasteiger partial charge in [-0.15, -0.1) is 0 Å². The van der Waals surface area contributed by atoms with Gasteiger partial charge in [-0.2, -0.15) is 0 Å². The molecule has 0 N–H and O–H groups in total. The Morgan fingerprint density at radius 2 is 2.06 bits per heavy atom. The van der Waals surface area contributed by atoms with E-state index in [1.165, 1.54) is 27.7 Å². The zero-order valence-electron chi connectivity index (χ0n) is 8.85. The fourth-order valence-electron chi connectivity index (χ4n) is 2.62. The number of nitrogens with zero attached hydrogens (tertiary/aromatic N) is 1. The lowest BCUT2D eigenvalue weighted by molar-refractivity contribution is 1.09. The fourth-order valence-corrected chi connectivity index (χ4v) is 2.62. The van der Waals surface area contributed by atoms with Crippen molar-refractivity contribution in [3.05, 3.63) is 59.8 Å². The van der Waals surface area contributed by atoms with Crippen molar-refractivity contribution >= 4 is 22.7 Å². The number of benzene rings is 1. The van der Waals surface area contributed by atoms with Crippen LogP contribution < -0.4 is 0 Å². The normalized spacial score (nSPS) is 17.0. The van der Waals surface area contributed by atoms with Gasteiger partial charge in [0.25, 0.3) is 0 Å². The molecular weight excluding hydrogens is 194 g/mol. The van der Waals surface area contributed by atoms with Crippen molar-refractivity contribution in [3.63, 3.8) is 0 Å². The minimum Gasteiger partial charge on any atom is -0.316 e. The summed E-state index contributed by atoms with van der Waals surface area (Å²) in [6.07, 6.45) is 9.89. The maximum atomic E-state index is 2.31. The molecule has 0 amide bonds. The lowest BCUT2D eigenvalue weighted by atomic mass is 9.96. The second-order valence-corrected chi connectivity index (χ2v) is 4.39. The summed E-state index contributed by atoms with van der Waals surface area (Å²) in [5.41, 5.74) is 5.47. The highest BCUT2D eigenvalue weighted by Gasteiger charge is 2.17. The van der Waals surface area contributed by atoms with E-state index in [4.69, 9.17) is 0 Å². The van der Waals surface area contributed by atoms with Crippen molar-refractivity contribution in [2.24, 2.45) is 0 Å². The number of allylic oxidation sites excluding steroid dienone is 5. The van der Waals surface area contributed by atoms with Crippen LogP contribution in [0.3, 0.4) is 0 Å². The molecule has 0 fully saturated rings. The average molecular weight is 205 g/mol. The van der Waals surface area contributed by atoms with Crippen molar-refractivity contribution in [2.75, 3.05) is 0 Å². The zero-order valence-corrected chi connectivity index (χ0v) is 8.85. The van der Waals surface area contributed by atoms with E-state index in [2.05, 4.69) is 59.3 Å². The molecule has 76 valence electrons. The summed E-state index contributed by atoms with van der Waals surface area (Å²) < 4.78 is 2.31. The van der Waals surface area contributed by atoms with Crippen LogP contribution in [0.5, 0.6) is 0 Å². The predicted octanol–water partition coefficient (Wildman–Crippen LogP) is 3.84. The van der Waals surface area contributed by atoms with E-state index in [0.717, 1.165) is 6.42 Å². The lowest BCUT2D eigenvalue weighted by Crippen LogP contribution is -2.04. The Hall–Kier alpha value is -2.02. The van der Waals surface area contributed by atoms with Crippen molar-refractivity contribution in [1.29, 1.82) is 0 Å². The molecule has 0 atom stereocenters. The molecule has 1 aromatic carbocycles. The van der Waals surface area contributed by atoms with Gasteiger partial charge >= 0.3 is 0 Å². The monoisotopic (exact) mass is 205 g/mol. The molecule has 1 aliphatic carbocycles. The molecule has 16 heavy (non-hydrogen) atoms. The van der Waals surface area contributed by atoms with E-state index in [0.29, 0.717) is 0 Å². The van der Waals surface area contributed by atoms with Gasteiger partial charge in [0.15, 0.2) is 0 Å². The summed E-state index contributed by atoms with van der Waals surface area (Å²) in [4.78, 5) is 0. The van der Waals surface area contributed by atoms with Gasteiger partial charge in [-0.05, 0) is 23.3 Å². The third kappa shape index (κ3) is 0.951. The van der Waals surface area contributed by atoms with Crippen LogP contribution in [0.2, 0.25) is 0 Å². The van der Waals surface area contributed by atoms with Crippen LogP contribution in [0.25, 0.3) is 22.7 Å². The molecular formula is C15H11N. The van der Waals surface area contributed by atoms with Crippen LogP contribution in [-0.2, 0) is 0 Å². The van der Waals surface area contributed by atoms with Gasteiger partial charge in [0.2, 0.25) is 0 Å². The predicted molar refractivity (Wildman–Crippen MR) is 67.9 cm³/mol. The topological polar surface area (TPSA) is 4.93 Å². The van der Waals surface area contributed by atoms with Crippen LogP contribution in [0.1, 0.15) is 12.1 Å². The summed E-state index contributed by atoms with van der Waals surface area (Å²) in [6, 6.07) is 10.8. The summed E-state index contributed by atoms with van der Waals surface area (Å²) in [5, 5.41) is 1.32. The minimum atomic E-state index is 1.08. The van der Waals surface area contributed by atoms with Gasteiger partial charge in [-0.3, -0.25) is 0 Å². The maximum Gasteiger partial charge on any atom is 0.0528 e. The number of rotatable bonds is 0. The largest absolute Gasteiger partial charge is 0.316 e. The molecule has 2 aliphatic rings. The number of hydrogen-bond acceptors (Lipinski definition) is 0. The highest BCUT2D eigenvalue weighted by atomic mass is 15.0. The van der Waals surface area contributed by atoms with E-state index in [1.54, 1.807) is 0 Å². The van der Waals surface area contributed by atoms with Crippen molar-refractivity contribution in [1.82, 2.24) is 4.57 Å². The molecule has 0 saturated carbocycles. The first-order valence-corrected chi connectivity index (χ1v) is 5.60. The summed E-state index contributed by atoms with van der Waals surface area (Å²) in [7, 11) is 0. The molecule has 4 rings (SSSR count). The molecule has 0 unspecified atom stereocenters. The fraction of sp³-hybridized carbons (Fsp3) is 0.0667. The second-order valence-electron chi connectivity index (χ2n) is 4.39. The summed E-state index contributed by atoms with van der Waals surface area (Å²) >= 11 is 0. The van der Waals surface area contributed by atoms with Crippen LogP contribution in [-0.4, -0.2) is 4.57 Å². The summed E-state index contributed by atoms with van der Waals surface area (Å²) in [6.45, 7) is 0. The third-order valence-electron chi connectivity index (χ3n) is 3.37. The van der Waals surface area contributed by atoms with E-state index < -0.39 is 0 Å². The summed E-state index contributed by atoms with van der Waals surface area (Å²) in [5.74, 6) is 0. The van der Waals surface area contributed by atoms with Crippen LogP contribution in [0.15, 0.2) is 54.1 Å². The Morgan fingerprint density at radius 1 is 1.12 bits per heavy atom. The first-order chi connectivity index (χ1) is 7.92. The zero-order chi connectivity index (χ0) is 10.5. The number of fused-ring (bicyclic) bond motifs is 6. The standard InChI is InChI=1S/C15H11N/c1-2-7-14-13(5-1)9-15-12-6-3-4-11(8-12)10-16(14)15/h1-7,9-10H,8H2. The van der Waals surface area contributed by atoms with Gasteiger partial charge in [-0.25, -0.2) is 0 Å². The smallest absolute Gasteiger partial charge is 0.0528 e. The van der Waals surface area contributed by atoms with Crippen molar-refractivity contribution in [2.45, 2.75) is 6.42 Å². The minimum absolute atomic E-state index is 1.08. The molecule has 2 heterocycles.